The largest absolute Gasteiger partial charge is 0.398 e. The van der Waals surface area contributed by atoms with E-state index in [1.54, 1.807) is 6.07 Å². The van der Waals surface area contributed by atoms with Gasteiger partial charge in [-0.1, -0.05) is 0 Å². The van der Waals surface area contributed by atoms with Crippen LogP contribution in [0.2, 0.25) is 0 Å². The van der Waals surface area contributed by atoms with Gasteiger partial charge < -0.3 is 5.73 Å². The minimum atomic E-state index is -1.08. The van der Waals surface area contributed by atoms with Crippen LogP contribution in [-0.2, 0) is 0 Å². The maximum absolute atomic E-state index is 13.1. The molecular weight excluding hydrogens is 324 g/mol. The van der Waals surface area contributed by atoms with E-state index in [1.165, 1.54) is 11.3 Å². The molecule has 2 aromatic rings. The Morgan fingerprint density at radius 3 is 2.44 bits per heavy atom. The van der Waals surface area contributed by atoms with Crippen molar-refractivity contribution < 1.29 is 13.6 Å². The second-order valence-electron chi connectivity index (χ2n) is 3.70. The lowest BCUT2D eigenvalue weighted by atomic mass is 10.1. The number of aryl methyl sites for hydroxylation is 1. The minimum Gasteiger partial charge on any atom is -0.398 e. The molecule has 0 fully saturated rings. The summed E-state index contributed by atoms with van der Waals surface area (Å²) in [4.78, 5) is 13.5. The number of ketones is 1. The van der Waals surface area contributed by atoms with Crippen LogP contribution in [0.15, 0.2) is 22.7 Å². The van der Waals surface area contributed by atoms with E-state index in [2.05, 4.69) is 15.9 Å². The molecule has 1 aromatic heterocycles. The molecule has 0 radical (unpaired) electrons. The van der Waals surface area contributed by atoms with Gasteiger partial charge in [0.15, 0.2) is 11.6 Å². The van der Waals surface area contributed by atoms with Gasteiger partial charge in [0.05, 0.1) is 4.88 Å². The zero-order chi connectivity index (χ0) is 13.4. The highest BCUT2D eigenvalue weighted by molar-refractivity contribution is 9.10. The number of benzene rings is 1. The van der Waals surface area contributed by atoms with Crippen LogP contribution in [0.5, 0.6) is 0 Å². The Morgan fingerprint density at radius 2 is 1.89 bits per heavy atom. The zero-order valence-electron chi connectivity index (χ0n) is 9.26. The molecule has 6 heteroatoms. The van der Waals surface area contributed by atoms with Gasteiger partial charge in [-0.3, -0.25) is 4.79 Å². The summed E-state index contributed by atoms with van der Waals surface area (Å²) in [5.41, 5.74) is 5.45. The smallest absolute Gasteiger partial charge is 0.205 e. The predicted octanol–water partition coefficient (Wildman–Crippen LogP) is 3.91. The molecule has 0 spiro atoms. The molecule has 0 amide bonds. The first kappa shape index (κ1) is 13.2. The van der Waals surface area contributed by atoms with Crippen molar-refractivity contribution in [2.75, 3.05) is 5.73 Å². The molecule has 0 aliphatic heterocycles. The third-order valence-electron chi connectivity index (χ3n) is 2.42. The van der Waals surface area contributed by atoms with Crippen molar-refractivity contribution in [3.8, 4) is 0 Å². The van der Waals surface area contributed by atoms with E-state index in [-0.39, 0.29) is 11.3 Å². The highest BCUT2D eigenvalue weighted by Gasteiger charge is 2.18. The molecule has 1 aromatic carbocycles. The van der Waals surface area contributed by atoms with Gasteiger partial charge in [-0.25, -0.2) is 8.78 Å². The van der Waals surface area contributed by atoms with Gasteiger partial charge >= 0.3 is 0 Å². The Balaban J connectivity index is 2.49. The van der Waals surface area contributed by atoms with Gasteiger partial charge in [-0.05, 0) is 35.0 Å². The molecule has 0 unspecified atom stereocenters. The normalized spacial score (nSPS) is 10.7. The van der Waals surface area contributed by atoms with Crippen molar-refractivity contribution in [3.05, 3.63) is 49.6 Å². The Morgan fingerprint density at radius 1 is 1.28 bits per heavy atom. The van der Waals surface area contributed by atoms with E-state index < -0.39 is 17.4 Å². The number of carbonyl (C=O) groups excluding carboxylic acids is 1. The first-order chi connectivity index (χ1) is 8.40. The number of hydrogen-bond acceptors (Lipinski definition) is 3. The second-order valence-corrected chi connectivity index (χ2v) is 5.81. The molecule has 0 saturated heterocycles. The zero-order valence-corrected chi connectivity index (χ0v) is 11.7. The molecular formula is C12H8BrF2NOS. The van der Waals surface area contributed by atoms with Crippen molar-refractivity contribution in [3.63, 3.8) is 0 Å². The molecule has 18 heavy (non-hydrogen) atoms. The van der Waals surface area contributed by atoms with Crippen LogP contribution >= 0.6 is 27.3 Å². The molecule has 0 aliphatic rings. The molecule has 2 rings (SSSR count). The van der Waals surface area contributed by atoms with Gasteiger partial charge in [0.1, 0.15) is 0 Å². The van der Waals surface area contributed by atoms with Crippen LogP contribution in [0, 0.1) is 18.6 Å². The van der Waals surface area contributed by atoms with Gasteiger partial charge in [-0.2, -0.15) is 0 Å². The van der Waals surface area contributed by atoms with Crippen molar-refractivity contribution in [1.29, 1.82) is 0 Å². The molecule has 0 atom stereocenters. The van der Waals surface area contributed by atoms with E-state index in [4.69, 9.17) is 5.73 Å². The van der Waals surface area contributed by atoms with Crippen molar-refractivity contribution in [2.45, 2.75) is 6.92 Å². The molecule has 0 bridgehead atoms. The fourth-order valence-electron chi connectivity index (χ4n) is 1.46. The number of halogens is 3. The molecule has 1 heterocycles. The first-order valence-electron chi connectivity index (χ1n) is 4.95. The maximum atomic E-state index is 13.1. The lowest BCUT2D eigenvalue weighted by molar-refractivity contribution is 0.104. The first-order valence-corrected chi connectivity index (χ1v) is 6.56. The number of anilines is 1. The predicted molar refractivity (Wildman–Crippen MR) is 71.0 cm³/mol. The summed E-state index contributed by atoms with van der Waals surface area (Å²) in [6, 6.07) is 3.29. The summed E-state index contributed by atoms with van der Waals surface area (Å²) in [6.07, 6.45) is 0. The third kappa shape index (κ3) is 2.30. The fraction of sp³-hybridized carbons (Fsp3) is 0.0833. The number of hydrogen-bond donors (Lipinski definition) is 1. The van der Waals surface area contributed by atoms with Crippen LogP contribution < -0.4 is 5.73 Å². The fourth-order valence-corrected chi connectivity index (χ4v) is 2.95. The van der Waals surface area contributed by atoms with Gasteiger partial charge in [-0.15, -0.1) is 11.3 Å². The molecule has 2 N–H and O–H groups in total. The van der Waals surface area contributed by atoms with Gasteiger partial charge in [0.2, 0.25) is 5.78 Å². The summed E-state index contributed by atoms with van der Waals surface area (Å²) < 4.78 is 26.9. The average molecular weight is 332 g/mol. The average Bonchev–Trinajstić information content (AvgIpc) is 2.63. The molecule has 2 nitrogen and oxygen atoms in total. The molecule has 94 valence electrons. The van der Waals surface area contributed by atoms with E-state index >= 15 is 0 Å². The number of nitrogen functional groups attached to an aromatic ring is 1. The van der Waals surface area contributed by atoms with E-state index in [9.17, 15) is 13.6 Å². The Hall–Kier alpha value is -1.27. The standard InChI is InChI=1S/C12H8BrF2NOS/c1-5-7(13)3-11(18-5)12(17)6-2-8(14)9(15)4-10(6)16/h2-4H,16H2,1H3. The topological polar surface area (TPSA) is 43.1 Å². The van der Waals surface area contributed by atoms with Crippen LogP contribution in [0.1, 0.15) is 20.1 Å². The lowest BCUT2D eigenvalue weighted by Crippen LogP contribution is -2.05. The number of rotatable bonds is 2. The van der Waals surface area contributed by atoms with Crippen LogP contribution in [-0.4, -0.2) is 5.78 Å². The summed E-state index contributed by atoms with van der Waals surface area (Å²) >= 11 is 4.56. The number of thiophene rings is 1. The Bertz CT molecular complexity index is 620. The van der Waals surface area contributed by atoms with Gasteiger partial charge in [0.25, 0.3) is 0 Å². The SMILES string of the molecule is Cc1sc(C(=O)c2cc(F)c(F)cc2N)cc1Br. The highest BCUT2D eigenvalue weighted by atomic mass is 79.9. The van der Waals surface area contributed by atoms with E-state index in [0.717, 1.165) is 21.5 Å². The maximum Gasteiger partial charge on any atom is 0.205 e. The Labute approximate surface area is 115 Å². The number of nitrogens with two attached hydrogens (primary N) is 1. The van der Waals surface area contributed by atoms with Crippen molar-refractivity contribution >= 4 is 38.7 Å². The molecule has 0 saturated carbocycles. The highest BCUT2D eigenvalue weighted by Crippen LogP contribution is 2.29. The third-order valence-corrected chi connectivity index (χ3v) is 4.55. The second kappa shape index (κ2) is 4.78. The summed E-state index contributed by atoms with van der Waals surface area (Å²) in [5.74, 6) is -2.56. The summed E-state index contributed by atoms with van der Waals surface area (Å²) in [7, 11) is 0. The summed E-state index contributed by atoms with van der Waals surface area (Å²) in [5, 5.41) is 0. The number of carbonyl (C=O) groups is 1. The summed E-state index contributed by atoms with van der Waals surface area (Å²) in [6.45, 7) is 1.85. The molecule has 0 aliphatic carbocycles. The quantitative estimate of drug-likeness (QED) is 0.669. The van der Waals surface area contributed by atoms with Crippen LogP contribution in [0.3, 0.4) is 0 Å². The van der Waals surface area contributed by atoms with Crippen LogP contribution in [0.4, 0.5) is 14.5 Å². The Kier molecular flexibility index (Phi) is 3.49. The van der Waals surface area contributed by atoms with Crippen molar-refractivity contribution in [1.82, 2.24) is 0 Å². The lowest BCUT2D eigenvalue weighted by Gasteiger charge is -2.04. The van der Waals surface area contributed by atoms with E-state index in [0.29, 0.717) is 4.88 Å². The minimum absolute atomic E-state index is 0.0253. The monoisotopic (exact) mass is 331 g/mol. The van der Waals surface area contributed by atoms with Gasteiger partial charge in [0, 0.05) is 26.7 Å². The van der Waals surface area contributed by atoms with Crippen LogP contribution in [0.25, 0.3) is 0 Å². The van der Waals surface area contributed by atoms with Crippen molar-refractivity contribution in [2.24, 2.45) is 0 Å². The van der Waals surface area contributed by atoms with E-state index in [1.807, 2.05) is 6.92 Å².